The Hall–Kier alpha value is -0.770. The third-order valence-corrected chi connectivity index (χ3v) is 3.79. The Labute approximate surface area is 137 Å². The molecule has 1 aliphatic heterocycles. The molecule has 1 unspecified atom stereocenters. The van der Waals surface area contributed by atoms with E-state index in [-0.39, 0.29) is 23.1 Å². The maximum absolute atomic E-state index is 12.3. The lowest BCUT2D eigenvalue weighted by Crippen LogP contribution is -2.50. The largest absolute Gasteiger partial charge is 0.444 e. The number of carbonyl (C=O) groups excluding carboxylic acids is 1. The van der Waals surface area contributed by atoms with E-state index in [1.165, 1.54) is 0 Å². The summed E-state index contributed by atoms with van der Waals surface area (Å²) in [4.78, 5) is 14.2. The van der Waals surface area contributed by atoms with Crippen LogP contribution in [-0.2, 0) is 4.74 Å². The summed E-state index contributed by atoms with van der Waals surface area (Å²) in [6, 6.07) is 0.245. The van der Waals surface area contributed by atoms with Gasteiger partial charge in [0.25, 0.3) is 0 Å². The summed E-state index contributed by atoms with van der Waals surface area (Å²) in [6.45, 7) is 18.7. The van der Waals surface area contributed by atoms with Gasteiger partial charge in [0.15, 0.2) is 0 Å². The van der Waals surface area contributed by atoms with E-state index in [1.807, 2.05) is 25.7 Å². The van der Waals surface area contributed by atoms with Crippen LogP contribution in [0.3, 0.4) is 0 Å². The fraction of sp³-hybridized carbons (Fsp3) is 0.944. The predicted molar refractivity (Wildman–Crippen MR) is 92.1 cm³/mol. The highest BCUT2D eigenvalue weighted by Gasteiger charge is 2.33. The monoisotopic (exact) mass is 312 g/mol. The Morgan fingerprint density at radius 3 is 2.23 bits per heavy atom. The predicted octanol–water partition coefficient (Wildman–Crippen LogP) is 4.19. The fourth-order valence-corrected chi connectivity index (χ4v) is 3.39. The van der Waals surface area contributed by atoms with E-state index < -0.39 is 5.60 Å². The van der Waals surface area contributed by atoms with Crippen LogP contribution in [0.4, 0.5) is 4.79 Å². The van der Waals surface area contributed by atoms with Crippen molar-refractivity contribution in [2.24, 2.45) is 5.41 Å². The van der Waals surface area contributed by atoms with Crippen molar-refractivity contribution < 1.29 is 9.53 Å². The maximum Gasteiger partial charge on any atom is 0.410 e. The molecule has 0 saturated carbocycles. The van der Waals surface area contributed by atoms with E-state index in [9.17, 15) is 4.79 Å². The first-order chi connectivity index (χ1) is 9.79. The van der Waals surface area contributed by atoms with Gasteiger partial charge in [-0.2, -0.15) is 0 Å². The van der Waals surface area contributed by atoms with Crippen molar-refractivity contribution in [3.63, 3.8) is 0 Å². The molecule has 1 heterocycles. The third-order valence-electron chi connectivity index (χ3n) is 3.79. The highest BCUT2D eigenvalue weighted by atomic mass is 16.6. The van der Waals surface area contributed by atoms with E-state index in [0.717, 1.165) is 32.4 Å². The molecule has 0 spiro atoms. The third kappa shape index (κ3) is 6.99. The SMILES string of the molecule is CC(C)(C)CC(C)(C)NCC1CCCN1C(=O)OC(C)(C)C. The lowest BCUT2D eigenvalue weighted by Gasteiger charge is -2.36. The fourth-order valence-electron chi connectivity index (χ4n) is 3.39. The number of nitrogens with one attached hydrogen (secondary N) is 1. The van der Waals surface area contributed by atoms with E-state index >= 15 is 0 Å². The molecule has 4 nitrogen and oxygen atoms in total. The molecule has 4 heteroatoms. The number of carbonyl (C=O) groups is 1. The van der Waals surface area contributed by atoms with Gasteiger partial charge in [0.1, 0.15) is 5.60 Å². The van der Waals surface area contributed by atoms with Gasteiger partial charge in [-0.3, -0.25) is 0 Å². The second kappa shape index (κ2) is 6.77. The lowest BCUT2D eigenvalue weighted by molar-refractivity contribution is 0.0219. The number of amides is 1. The Morgan fingerprint density at radius 1 is 1.14 bits per heavy atom. The second-order valence-electron chi connectivity index (χ2n) is 9.47. The Morgan fingerprint density at radius 2 is 1.73 bits per heavy atom. The molecule has 1 N–H and O–H groups in total. The molecule has 1 aliphatic rings. The molecule has 130 valence electrons. The minimum atomic E-state index is -0.427. The molecule has 0 radical (unpaired) electrons. The van der Waals surface area contributed by atoms with Crippen LogP contribution in [0.2, 0.25) is 0 Å². The topological polar surface area (TPSA) is 41.6 Å². The van der Waals surface area contributed by atoms with Crippen molar-refractivity contribution in [2.75, 3.05) is 13.1 Å². The Kier molecular flexibility index (Phi) is 5.94. The summed E-state index contributed by atoms with van der Waals surface area (Å²) in [5.74, 6) is 0. The molecular formula is C18H36N2O2. The zero-order chi connectivity index (χ0) is 17.2. The maximum atomic E-state index is 12.3. The molecule has 1 fully saturated rings. The number of ether oxygens (including phenoxy) is 1. The average Bonchev–Trinajstić information content (AvgIpc) is 2.68. The minimum Gasteiger partial charge on any atom is -0.444 e. The van der Waals surface area contributed by atoms with E-state index in [0.29, 0.717) is 0 Å². The Bertz CT molecular complexity index is 378. The highest BCUT2D eigenvalue weighted by molar-refractivity contribution is 5.69. The molecule has 1 saturated heterocycles. The first-order valence-corrected chi connectivity index (χ1v) is 8.54. The number of rotatable bonds is 4. The summed E-state index contributed by atoms with van der Waals surface area (Å²) >= 11 is 0. The van der Waals surface area contributed by atoms with Crippen LogP contribution in [0.15, 0.2) is 0 Å². The van der Waals surface area contributed by atoms with E-state index in [4.69, 9.17) is 4.74 Å². The van der Waals surface area contributed by atoms with Crippen molar-refractivity contribution in [1.82, 2.24) is 10.2 Å². The van der Waals surface area contributed by atoms with Crippen LogP contribution >= 0.6 is 0 Å². The molecule has 1 atom stereocenters. The number of hydrogen-bond donors (Lipinski definition) is 1. The van der Waals surface area contributed by atoms with E-state index in [1.54, 1.807) is 0 Å². The number of nitrogens with zero attached hydrogens (tertiary/aromatic N) is 1. The quantitative estimate of drug-likeness (QED) is 0.846. The first-order valence-electron chi connectivity index (χ1n) is 8.54. The molecule has 1 amide bonds. The van der Waals surface area contributed by atoms with Crippen molar-refractivity contribution in [3.05, 3.63) is 0 Å². The van der Waals surface area contributed by atoms with E-state index in [2.05, 4.69) is 39.9 Å². The average molecular weight is 312 g/mol. The summed E-state index contributed by atoms with van der Waals surface area (Å²) in [5, 5.41) is 3.66. The molecule has 0 bridgehead atoms. The zero-order valence-electron chi connectivity index (χ0n) is 15.9. The number of likely N-dealkylation sites (tertiary alicyclic amines) is 1. The second-order valence-corrected chi connectivity index (χ2v) is 9.47. The van der Waals surface area contributed by atoms with Crippen LogP contribution < -0.4 is 5.32 Å². The normalized spacial score (nSPS) is 20.4. The summed E-state index contributed by atoms with van der Waals surface area (Å²) in [5.41, 5.74) is -0.0688. The lowest BCUT2D eigenvalue weighted by atomic mass is 9.81. The van der Waals surface area contributed by atoms with Crippen molar-refractivity contribution in [2.45, 2.75) is 91.8 Å². The molecule has 0 aliphatic carbocycles. The zero-order valence-corrected chi connectivity index (χ0v) is 15.9. The van der Waals surface area contributed by atoms with Gasteiger partial charge in [0, 0.05) is 24.7 Å². The highest BCUT2D eigenvalue weighted by Crippen LogP contribution is 2.27. The van der Waals surface area contributed by atoms with Crippen LogP contribution in [0.1, 0.15) is 74.7 Å². The van der Waals surface area contributed by atoms with Crippen molar-refractivity contribution >= 4 is 6.09 Å². The standard InChI is InChI=1S/C18H36N2O2/c1-16(2,3)13-18(7,8)19-12-14-10-9-11-20(14)15(21)22-17(4,5)6/h14,19H,9-13H2,1-8H3. The summed E-state index contributed by atoms with van der Waals surface area (Å²) < 4.78 is 5.52. The van der Waals surface area contributed by atoms with Gasteiger partial charge in [-0.1, -0.05) is 20.8 Å². The summed E-state index contributed by atoms with van der Waals surface area (Å²) in [7, 11) is 0. The Balaban J connectivity index is 2.56. The van der Waals surface area contributed by atoms with Gasteiger partial charge in [-0.15, -0.1) is 0 Å². The molecule has 1 rings (SSSR count). The smallest absolute Gasteiger partial charge is 0.410 e. The minimum absolute atomic E-state index is 0.0699. The summed E-state index contributed by atoms with van der Waals surface area (Å²) in [6.07, 6.45) is 3.04. The van der Waals surface area contributed by atoms with Crippen LogP contribution in [0, 0.1) is 5.41 Å². The van der Waals surface area contributed by atoms with Crippen LogP contribution in [0.25, 0.3) is 0 Å². The van der Waals surface area contributed by atoms with Crippen LogP contribution in [-0.4, -0.2) is 41.3 Å². The molecule has 0 aromatic rings. The van der Waals surface area contributed by atoms with Crippen LogP contribution in [0.5, 0.6) is 0 Å². The van der Waals surface area contributed by atoms with Gasteiger partial charge in [0.2, 0.25) is 0 Å². The van der Waals surface area contributed by atoms with Gasteiger partial charge in [0.05, 0.1) is 0 Å². The first kappa shape index (κ1) is 19.3. The number of hydrogen-bond acceptors (Lipinski definition) is 3. The van der Waals surface area contributed by atoms with Crippen molar-refractivity contribution in [1.29, 1.82) is 0 Å². The van der Waals surface area contributed by atoms with Crippen molar-refractivity contribution in [3.8, 4) is 0 Å². The molecule has 0 aromatic heterocycles. The molecular weight excluding hydrogens is 276 g/mol. The van der Waals surface area contributed by atoms with Gasteiger partial charge in [-0.05, 0) is 59.3 Å². The van der Waals surface area contributed by atoms with Gasteiger partial charge in [-0.25, -0.2) is 4.79 Å². The van der Waals surface area contributed by atoms with Gasteiger partial charge < -0.3 is 15.0 Å². The molecule has 22 heavy (non-hydrogen) atoms. The molecule has 0 aromatic carbocycles. The van der Waals surface area contributed by atoms with Gasteiger partial charge >= 0.3 is 6.09 Å².